The van der Waals surface area contributed by atoms with Gasteiger partial charge in [0.15, 0.2) is 0 Å². The number of aromatic nitrogens is 1. The molecule has 0 spiro atoms. The highest BCUT2D eigenvalue weighted by Gasteiger charge is 2.15. The Morgan fingerprint density at radius 2 is 2.00 bits per heavy atom. The molecule has 0 saturated carbocycles. The highest BCUT2D eigenvalue weighted by atomic mass is 32.1. The molecule has 1 aromatic rings. The molecule has 2 N–H and O–H groups in total. The Hall–Kier alpha value is -1.14. The molecule has 0 aliphatic carbocycles. The monoisotopic (exact) mass is 313 g/mol. The van der Waals surface area contributed by atoms with Crippen molar-refractivity contribution >= 4 is 17.4 Å². The maximum absolute atomic E-state index is 11.5. The van der Waals surface area contributed by atoms with Gasteiger partial charge in [-0.05, 0) is 54.5 Å². The Morgan fingerprint density at radius 3 is 2.52 bits per heavy atom. The second-order valence-corrected chi connectivity index (χ2v) is 7.54. The number of carbonyl (C=O) groups is 1. The van der Waals surface area contributed by atoms with Gasteiger partial charge < -0.3 is 15.4 Å². The van der Waals surface area contributed by atoms with E-state index in [1.165, 1.54) is 4.88 Å². The number of nitrogens with one attached hydrogen (secondary N) is 2. The zero-order valence-electron chi connectivity index (χ0n) is 13.9. The number of thiazole rings is 1. The lowest BCUT2D eigenvalue weighted by atomic mass is 10.2. The number of nitrogens with zero attached hydrogens (tertiary/aromatic N) is 1. The first kappa shape index (κ1) is 17.9. The van der Waals surface area contributed by atoms with Crippen molar-refractivity contribution in [3.63, 3.8) is 0 Å². The van der Waals surface area contributed by atoms with E-state index in [2.05, 4.69) is 29.5 Å². The summed E-state index contributed by atoms with van der Waals surface area (Å²) in [5.41, 5.74) is 0.675. The van der Waals surface area contributed by atoms with Gasteiger partial charge in [-0.3, -0.25) is 0 Å². The summed E-state index contributed by atoms with van der Waals surface area (Å²) in [6, 6.07) is 0.233. The maximum atomic E-state index is 11.5. The van der Waals surface area contributed by atoms with Crippen LogP contribution >= 0.6 is 11.3 Å². The minimum atomic E-state index is -0.448. The number of hydrogen-bond acceptors (Lipinski definition) is 5. The van der Waals surface area contributed by atoms with Crippen LogP contribution < -0.4 is 10.6 Å². The summed E-state index contributed by atoms with van der Waals surface area (Å²) in [5.74, 6) is 0. The predicted molar refractivity (Wildman–Crippen MR) is 86.9 cm³/mol. The van der Waals surface area contributed by atoms with E-state index < -0.39 is 5.60 Å². The fraction of sp³-hybridized carbons (Fsp3) is 0.733. The van der Waals surface area contributed by atoms with Gasteiger partial charge in [0.25, 0.3) is 0 Å². The van der Waals surface area contributed by atoms with E-state index >= 15 is 0 Å². The normalized spacial score (nSPS) is 13.0. The third kappa shape index (κ3) is 6.91. The highest BCUT2D eigenvalue weighted by molar-refractivity contribution is 7.11. The molecule has 1 amide bonds. The van der Waals surface area contributed by atoms with Gasteiger partial charge in [-0.15, -0.1) is 11.3 Å². The summed E-state index contributed by atoms with van der Waals surface area (Å²) in [6.07, 6.45) is 0.493. The molecule has 0 saturated heterocycles. The van der Waals surface area contributed by atoms with Crippen LogP contribution in [0.3, 0.4) is 0 Å². The van der Waals surface area contributed by atoms with Crippen LogP contribution in [-0.2, 0) is 4.74 Å². The van der Waals surface area contributed by atoms with E-state index in [4.69, 9.17) is 4.74 Å². The third-order valence-electron chi connectivity index (χ3n) is 2.82. The maximum Gasteiger partial charge on any atom is 0.407 e. The summed E-state index contributed by atoms with van der Waals surface area (Å²) < 4.78 is 5.17. The van der Waals surface area contributed by atoms with Crippen molar-refractivity contribution < 1.29 is 9.53 Å². The molecule has 1 atom stereocenters. The molecule has 0 fully saturated rings. The van der Waals surface area contributed by atoms with Gasteiger partial charge in [-0.2, -0.15) is 0 Å². The molecule has 0 aromatic carbocycles. The average molecular weight is 313 g/mol. The zero-order valence-corrected chi connectivity index (χ0v) is 14.7. The summed E-state index contributed by atoms with van der Waals surface area (Å²) in [4.78, 5) is 17.3. The second-order valence-electron chi connectivity index (χ2n) is 6.13. The van der Waals surface area contributed by atoms with Crippen molar-refractivity contribution in [3.8, 4) is 0 Å². The van der Waals surface area contributed by atoms with E-state index in [1.54, 1.807) is 11.3 Å². The summed E-state index contributed by atoms with van der Waals surface area (Å²) in [5, 5.41) is 7.28. The van der Waals surface area contributed by atoms with Crippen molar-refractivity contribution in [1.82, 2.24) is 15.6 Å². The summed E-state index contributed by atoms with van der Waals surface area (Å²) in [6.45, 7) is 13.2. The molecule has 0 bridgehead atoms. The van der Waals surface area contributed by atoms with Crippen LogP contribution in [0.15, 0.2) is 0 Å². The molecule has 1 heterocycles. The standard InChI is InChI=1S/C15H27N3O2S/c1-10(13-11(2)21-12(3)18-13)16-8-7-9-17-14(19)20-15(4,5)6/h10,16H,7-9H2,1-6H3,(H,17,19). The molecule has 0 aliphatic rings. The van der Waals surface area contributed by atoms with Crippen LogP contribution in [0.2, 0.25) is 0 Å². The molecule has 1 rings (SSSR count). The van der Waals surface area contributed by atoms with Crippen LogP contribution in [-0.4, -0.2) is 29.8 Å². The van der Waals surface area contributed by atoms with Crippen LogP contribution in [0.5, 0.6) is 0 Å². The van der Waals surface area contributed by atoms with Crippen molar-refractivity contribution in [1.29, 1.82) is 0 Å². The minimum absolute atomic E-state index is 0.233. The Kier molecular flexibility index (Phi) is 6.61. The number of aryl methyl sites for hydroxylation is 2. The number of hydrogen-bond donors (Lipinski definition) is 2. The molecule has 1 unspecified atom stereocenters. The Bertz CT molecular complexity index is 466. The first-order chi connectivity index (χ1) is 9.69. The summed E-state index contributed by atoms with van der Waals surface area (Å²) in [7, 11) is 0. The summed E-state index contributed by atoms with van der Waals surface area (Å²) >= 11 is 1.73. The van der Waals surface area contributed by atoms with Crippen LogP contribution in [0.4, 0.5) is 4.79 Å². The van der Waals surface area contributed by atoms with Crippen molar-refractivity contribution in [2.24, 2.45) is 0 Å². The van der Waals surface area contributed by atoms with Crippen LogP contribution in [0, 0.1) is 13.8 Å². The molecule has 6 heteroatoms. The average Bonchev–Trinajstić information content (AvgIpc) is 2.65. The Balaban J connectivity index is 2.20. The first-order valence-electron chi connectivity index (χ1n) is 7.33. The molecular formula is C15H27N3O2S. The molecule has 120 valence electrons. The van der Waals surface area contributed by atoms with Gasteiger partial charge >= 0.3 is 6.09 Å². The van der Waals surface area contributed by atoms with Gasteiger partial charge in [0.1, 0.15) is 5.60 Å². The highest BCUT2D eigenvalue weighted by Crippen LogP contribution is 2.22. The lowest BCUT2D eigenvalue weighted by molar-refractivity contribution is 0.0527. The van der Waals surface area contributed by atoms with E-state index in [1.807, 2.05) is 27.7 Å². The number of ether oxygens (including phenoxy) is 1. The fourth-order valence-corrected chi connectivity index (χ4v) is 2.87. The molecule has 1 aromatic heterocycles. The van der Waals surface area contributed by atoms with Crippen LogP contribution in [0.25, 0.3) is 0 Å². The third-order valence-corrected chi connectivity index (χ3v) is 3.72. The van der Waals surface area contributed by atoms with E-state index in [-0.39, 0.29) is 12.1 Å². The number of rotatable bonds is 6. The van der Waals surface area contributed by atoms with Gasteiger partial charge in [-0.1, -0.05) is 0 Å². The van der Waals surface area contributed by atoms with Gasteiger partial charge in [0.2, 0.25) is 0 Å². The SMILES string of the molecule is Cc1nc(C(C)NCCCNC(=O)OC(C)(C)C)c(C)s1. The number of carbonyl (C=O) groups excluding carboxylic acids is 1. The molecule has 0 radical (unpaired) electrons. The zero-order chi connectivity index (χ0) is 16.0. The van der Waals surface area contributed by atoms with Gasteiger partial charge in [0.05, 0.1) is 10.7 Å². The molecule has 21 heavy (non-hydrogen) atoms. The molecular weight excluding hydrogens is 286 g/mol. The van der Waals surface area contributed by atoms with E-state index in [0.29, 0.717) is 6.54 Å². The van der Waals surface area contributed by atoms with Crippen LogP contribution in [0.1, 0.15) is 55.7 Å². The van der Waals surface area contributed by atoms with Gasteiger partial charge in [-0.25, -0.2) is 9.78 Å². The Labute approximate surface area is 131 Å². The lowest BCUT2D eigenvalue weighted by Gasteiger charge is -2.19. The topological polar surface area (TPSA) is 63.2 Å². The van der Waals surface area contributed by atoms with Gasteiger partial charge in [0, 0.05) is 17.5 Å². The van der Waals surface area contributed by atoms with E-state index in [9.17, 15) is 4.79 Å². The second kappa shape index (κ2) is 7.75. The predicted octanol–water partition coefficient (Wildman–Crippen LogP) is 3.33. The first-order valence-corrected chi connectivity index (χ1v) is 8.15. The van der Waals surface area contributed by atoms with Crippen molar-refractivity contribution in [3.05, 3.63) is 15.6 Å². The Morgan fingerprint density at radius 1 is 1.33 bits per heavy atom. The molecule has 0 aliphatic heterocycles. The lowest BCUT2D eigenvalue weighted by Crippen LogP contribution is -2.34. The fourth-order valence-electron chi connectivity index (χ4n) is 1.95. The smallest absolute Gasteiger partial charge is 0.407 e. The largest absolute Gasteiger partial charge is 0.444 e. The van der Waals surface area contributed by atoms with E-state index in [0.717, 1.165) is 23.7 Å². The molecule has 5 nitrogen and oxygen atoms in total. The number of amides is 1. The number of alkyl carbamates (subject to hydrolysis) is 1. The van der Waals surface area contributed by atoms with Crippen molar-refractivity contribution in [2.75, 3.05) is 13.1 Å². The van der Waals surface area contributed by atoms with Crippen molar-refractivity contribution in [2.45, 2.75) is 59.6 Å². The quantitative estimate of drug-likeness (QED) is 0.791. The minimum Gasteiger partial charge on any atom is -0.444 e.